The van der Waals surface area contributed by atoms with Crippen LogP contribution in [-0.4, -0.2) is 33.2 Å². The van der Waals surface area contributed by atoms with Gasteiger partial charge in [-0.05, 0) is 30.9 Å². The normalized spacial score (nSPS) is 17.2. The number of aromatic nitrogens is 1. The quantitative estimate of drug-likeness (QED) is 0.215. The molecule has 0 radical (unpaired) electrons. The molecule has 0 bridgehead atoms. The van der Waals surface area contributed by atoms with Gasteiger partial charge in [0.05, 0.1) is 10.5 Å². The number of hydrogen-bond acceptors (Lipinski definition) is 7. The Balaban J connectivity index is 1.99. The fourth-order valence-corrected chi connectivity index (χ4v) is 6.28. The fraction of sp³-hybridized carbons (Fsp3) is 0.455. The van der Waals surface area contributed by atoms with Crippen molar-refractivity contribution in [3.05, 3.63) is 51.2 Å². The Morgan fingerprint density at radius 3 is 2.50 bits per heavy atom. The molecule has 1 aromatic heterocycles. The van der Waals surface area contributed by atoms with E-state index in [9.17, 15) is 37.8 Å². The molecule has 196 valence electrons. The number of rotatable bonds is 9. The molecule has 0 saturated heterocycles. The second-order valence-corrected chi connectivity index (χ2v) is 11.3. The van der Waals surface area contributed by atoms with Gasteiger partial charge in [-0.15, -0.1) is 0 Å². The Hall–Kier alpha value is -2.69. The maximum atomic E-state index is 13.9. The third kappa shape index (κ3) is 6.35. The first kappa shape index (κ1) is 27.9. The van der Waals surface area contributed by atoms with Crippen molar-refractivity contribution in [1.82, 2.24) is 4.98 Å². The van der Waals surface area contributed by atoms with E-state index in [1.807, 2.05) is 0 Å². The van der Waals surface area contributed by atoms with Gasteiger partial charge >= 0.3 is 12.1 Å². The number of alkyl halides is 3. The van der Waals surface area contributed by atoms with Crippen LogP contribution in [0, 0.1) is 16.0 Å². The first-order valence-electron chi connectivity index (χ1n) is 11.1. The molecule has 0 aliphatic heterocycles. The summed E-state index contributed by atoms with van der Waals surface area (Å²) in [6, 6.07) is 3.77. The van der Waals surface area contributed by atoms with E-state index in [1.54, 1.807) is 0 Å². The highest BCUT2D eigenvalue weighted by molar-refractivity contribution is 7.67. The Labute approximate surface area is 209 Å². The highest BCUT2D eigenvalue weighted by Crippen LogP contribution is 2.51. The van der Waals surface area contributed by atoms with Crippen molar-refractivity contribution in [2.45, 2.75) is 51.3 Å². The standard InChI is InChI=1S/C22H23ClF3N2O7P/c1-2-36(33,35-19(21(29)30)13-6-4-3-5-7-13)18-11-15(8-9-17(18)28(31)32)34-20-16(23)10-14(12-27-20)22(24,25)26/h8-13,19H,2-7H2,1H3,(H,29,30). The van der Waals surface area contributed by atoms with Gasteiger partial charge in [-0.25, -0.2) is 9.78 Å². The van der Waals surface area contributed by atoms with Gasteiger partial charge in [0.25, 0.3) is 5.69 Å². The highest BCUT2D eigenvalue weighted by Gasteiger charge is 2.40. The van der Waals surface area contributed by atoms with Crippen molar-refractivity contribution >= 4 is 35.9 Å². The Kier molecular flexibility index (Phi) is 8.63. The predicted molar refractivity (Wildman–Crippen MR) is 124 cm³/mol. The zero-order valence-electron chi connectivity index (χ0n) is 19.0. The summed E-state index contributed by atoms with van der Waals surface area (Å²) in [4.78, 5) is 26.4. The molecule has 2 unspecified atom stereocenters. The van der Waals surface area contributed by atoms with E-state index >= 15 is 0 Å². The number of carboxylic acid groups (broad SMARTS) is 1. The van der Waals surface area contributed by atoms with Gasteiger partial charge in [-0.1, -0.05) is 37.8 Å². The van der Waals surface area contributed by atoms with E-state index in [0.717, 1.165) is 37.5 Å². The largest absolute Gasteiger partial charge is 0.479 e. The first-order valence-corrected chi connectivity index (χ1v) is 13.2. The molecule has 1 aromatic carbocycles. The molecule has 1 aliphatic rings. The van der Waals surface area contributed by atoms with Crippen LogP contribution in [0.4, 0.5) is 18.9 Å². The molecule has 1 saturated carbocycles. The van der Waals surface area contributed by atoms with Crippen LogP contribution in [0.2, 0.25) is 5.02 Å². The van der Waals surface area contributed by atoms with Gasteiger partial charge in [-0.3, -0.25) is 14.7 Å². The zero-order valence-corrected chi connectivity index (χ0v) is 20.7. The average molecular weight is 551 g/mol. The summed E-state index contributed by atoms with van der Waals surface area (Å²) in [6.07, 6.45) is -2.20. The summed E-state index contributed by atoms with van der Waals surface area (Å²) < 4.78 is 63.6. The number of ether oxygens (including phenoxy) is 1. The minimum Gasteiger partial charge on any atom is -0.479 e. The number of carboxylic acids is 1. The molecule has 1 aliphatic carbocycles. The lowest BCUT2D eigenvalue weighted by molar-refractivity contribution is -0.383. The van der Waals surface area contributed by atoms with Crippen LogP contribution in [0.3, 0.4) is 0 Å². The third-order valence-electron chi connectivity index (χ3n) is 5.88. The van der Waals surface area contributed by atoms with Gasteiger partial charge in [0, 0.05) is 24.5 Å². The van der Waals surface area contributed by atoms with Gasteiger partial charge in [0.1, 0.15) is 16.1 Å². The van der Waals surface area contributed by atoms with Crippen molar-refractivity contribution in [1.29, 1.82) is 0 Å². The lowest BCUT2D eigenvalue weighted by atomic mass is 9.85. The minimum atomic E-state index is -4.68. The van der Waals surface area contributed by atoms with Crippen LogP contribution in [0.25, 0.3) is 0 Å². The molecule has 1 fully saturated rings. The Morgan fingerprint density at radius 1 is 1.31 bits per heavy atom. The minimum absolute atomic E-state index is 0.161. The van der Waals surface area contributed by atoms with Crippen molar-refractivity contribution in [3.8, 4) is 11.6 Å². The van der Waals surface area contributed by atoms with Crippen molar-refractivity contribution in [2.24, 2.45) is 5.92 Å². The molecule has 9 nitrogen and oxygen atoms in total. The number of benzene rings is 1. The van der Waals surface area contributed by atoms with E-state index in [1.165, 1.54) is 6.92 Å². The molecular formula is C22H23ClF3N2O7P. The maximum Gasteiger partial charge on any atom is 0.417 e. The van der Waals surface area contributed by atoms with Crippen molar-refractivity contribution in [2.75, 3.05) is 6.16 Å². The average Bonchev–Trinajstić information content (AvgIpc) is 2.83. The number of nitro groups is 1. The molecule has 3 rings (SSSR count). The lowest BCUT2D eigenvalue weighted by Gasteiger charge is -2.30. The third-order valence-corrected chi connectivity index (χ3v) is 8.64. The molecule has 0 amide bonds. The van der Waals surface area contributed by atoms with E-state index < -0.39 is 58.6 Å². The van der Waals surface area contributed by atoms with Crippen LogP contribution in [0.1, 0.15) is 44.6 Å². The number of hydrogen-bond donors (Lipinski definition) is 1. The molecule has 36 heavy (non-hydrogen) atoms. The number of carbonyl (C=O) groups is 1. The maximum absolute atomic E-state index is 13.9. The van der Waals surface area contributed by atoms with Crippen molar-refractivity contribution < 1.29 is 41.8 Å². The van der Waals surface area contributed by atoms with E-state index in [0.29, 0.717) is 25.1 Å². The Morgan fingerprint density at radius 2 is 1.97 bits per heavy atom. The SMILES string of the molecule is CCP(=O)(OC(C(=O)O)C1CCCCC1)c1cc(Oc2ncc(C(F)(F)F)cc2Cl)ccc1[N+](=O)[O-]. The molecule has 1 N–H and O–H groups in total. The van der Waals surface area contributed by atoms with Gasteiger partial charge in [-0.2, -0.15) is 13.2 Å². The molecular weight excluding hydrogens is 528 g/mol. The van der Waals surface area contributed by atoms with Gasteiger partial charge < -0.3 is 14.4 Å². The summed E-state index contributed by atoms with van der Waals surface area (Å²) >= 11 is 5.87. The molecule has 2 atom stereocenters. The predicted octanol–water partition coefficient (Wildman–Crippen LogP) is 6.43. The van der Waals surface area contributed by atoms with Crippen molar-refractivity contribution in [3.63, 3.8) is 0 Å². The monoisotopic (exact) mass is 550 g/mol. The van der Waals surface area contributed by atoms with Gasteiger partial charge in [0.2, 0.25) is 13.2 Å². The van der Waals surface area contributed by atoms with Crippen LogP contribution in [0.15, 0.2) is 30.5 Å². The zero-order chi connectivity index (χ0) is 26.7. The van der Waals surface area contributed by atoms with Crippen LogP contribution < -0.4 is 10.0 Å². The summed E-state index contributed by atoms with van der Waals surface area (Å²) in [5, 5.41) is 20.6. The molecule has 14 heteroatoms. The summed E-state index contributed by atoms with van der Waals surface area (Å²) in [5.74, 6) is -2.29. The summed E-state index contributed by atoms with van der Waals surface area (Å²) in [6.45, 7) is 1.45. The fourth-order valence-electron chi connectivity index (χ4n) is 4.02. The summed E-state index contributed by atoms with van der Waals surface area (Å²) in [7, 11) is -4.10. The second-order valence-electron chi connectivity index (χ2n) is 8.27. The summed E-state index contributed by atoms with van der Waals surface area (Å²) in [5.41, 5.74) is -1.68. The first-order chi connectivity index (χ1) is 16.9. The second kappa shape index (κ2) is 11.1. The Bertz CT molecular complexity index is 1190. The van der Waals surface area contributed by atoms with Crippen LogP contribution in [0.5, 0.6) is 11.6 Å². The van der Waals surface area contributed by atoms with E-state index in [4.69, 9.17) is 20.9 Å². The smallest absolute Gasteiger partial charge is 0.417 e. The number of nitrogens with zero attached hydrogens (tertiary/aromatic N) is 2. The number of pyridine rings is 1. The van der Waals surface area contributed by atoms with Crippen LogP contribution >= 0.6 is 19.0 Å². The highest BCUT2D eigenvalue weighted by atomic mass is 35.5. The molecule has 0 spiro atoms. The van der Waals surface area contributed by atoms with E-state index in [2.05, 4.69) is 4.98 Å². The van der Waals surface area contributed by atoms with E-state index in [-0.39, 0.29) is 17.2 Å². The van der Waals surface area contributed by atoms with Crippen LogP contribution in [-0.2, 0) is 20.1 Å². The number of halogens is 4. The number of nitro benzene ring substituents is 1. The number of aliphatic carboxylic acids is 1. The van der Waals surface area contributed by atoms with Gasteiger partial charge in [0.15, 0.2) is 6.10 Å². The molecule has 1 heterocycles. The topological polar surface area (TPSA) is 129 Å². The lowest BCUT2D eigenvalue weighted by Crippen LogP contribution is -2.34. The molecule has 2 aromatic rings.